The zero-order valence-corrected chi connectivity index (χ0v) is 10.1. The molecule has 8 heteroatoms. The fourth-order valence-corrected chi connectivity index (χ4v) is 1.64. The molecule has 0 heterocycles. The van der Waals surface area contributed by atoms with E-state index < -0.39 is 12.0 Å². The van der Waals surface area contributed by atoms with E-state index in [-0.39, 0.29) is 35.1 Å². The van der Waals surface area contributed by atoms with Gasteiger partial charge in [0.15, 0.2) is 0 Å². The summed E-state index contributed by atoms with van der Waals surface area (Å²) >= 11 is 5.90. The summed E-state index contributed by atoms with van der Waals surface area (Å²) in [5, 5.41) is 14.4. The number of carbonyl (C=O) groups is 2. The highest BCUT2D eigenvalue weighted by Crippen LogP contribution is 2.29. The van der Waals surface area contributed by atoms with E-state index in [9.17, 15) is 9.59 Å². The lowest BCUT2D eigenvalue weighted by atomic mass is 10.1. The quantitative estimate of drug-likeness (QED) is 0.398. The van der Waals surface area contributed by atoms with Gasteiger partial charge in [0.25, 0.3) is 0 Å². The summed E-state index contributed by atoms with van der Waals surface area (Å²) in [6.45, 7) is 0.530. The second kappa shape index (κ2) is 5.97. The van der Waals surface area contributed by atoms with Crippen LogP contribution in [0, 0.1) is 0 Å². The van der Waals surface area contributed by atoms with Crippen LogP contribution in [0.5, 0.6) is 0 Å². The van der Waals surface area contributed by atoms with Crippen LogP contribution in [0.25, 0.3) is 0 Å². The molecule has 1 rings (SSSR count). The van der Waals surface area contributed by atoms with Crippen molar-refractivity contribution < 1.29 is 14.7 Å². The highest BCUT2D eigenvalue weighted by molar-refractivity contribution is 6.34. The molecule has 1 aromatic carbocycles. The lowest BCUT2D eigenvalue weighted by molar-refractivity contribution is 0.0698. The van der Waals surface area contributed by atoms with E-state index >= 15 is 0 Å². The highest BCUT2D eigenvalue weighted by atomic mass is 35.5. The molecule has 0 atom stereocenters. The fourth-order valence-electron chi connectivity index (χ4n) is 1.35. The van der Waals surface area contributed by atoms with Crippen molar-refractivity contribution in [3.05, 3.63) is 22.7 Å². The number of carboxylic acid groups (broad SMARTS) is 1. The van der Waals surface area contributed by atoms with Gasteiger partial charge in [-0.25, -0.2) is 9.59 Å². The van der Waals surface area contributed by atoms with Crippen molar-refractivity contribution >= 4 is 35.0 Å². The van der Waals surface area contributed by atoms with E-state index in [1.54, 1.807) is 0 Å². The van der Waals surface area contributed by atoms with Crippen LogP contribution < -0.4 is 22.1 Å². The van der Waals surface area contributed by atoms with Gasteiger partial charge >= 0.3 is 12.0 Å². The number of urea groups is 1. The first-order valence-corrected chi connectivity index (χ1v) is 5.39. The van der Waals surface area contributed by atoms with Crippen molar-refractivity contribution in [2.75, 3.05) is 24.1 Å². The molecule has 0 spiro atoms. The second-order valence-electron chi connectivity index (χ2n) is 3.45. The summed E-state index contributed by atoms with van der Waals surface area (Å²) < 4.78 is 0. The number of primary amides is 1. The Labute approximate surface area is 108 Å². The maximum Gasteiger partial charge on any atom is 0.337 e. The minimum Gasteiger partial charge on any atom is -0.478 e. The van der Waals surface area contributed by atoms with Crippen LogP contribution in [-0.4, -0.2) is 30.2 Å². The van der Waals surface area contributed by atoms with Gasteiger partial charge in [-0.05, 0) is 12.1 Å². The molecule has 98 valence electrons. The third kappa shape index (κ3) is 3.70. The summed E-state index contributed by atoms with van der Waals surface area (Å²) in [5.41, 5.74) is 10.9. The Morgan fingerprint density at radius 2 is 2.00 bits per heavy atom. The topological polar surface area (TPSA) is 130 Å². The number of halogens is 1. The predicted octanol–water partition coefficient (Wildman–Crippen LogP) is 0.701. The Kier molecular flexibility index (Phi) is 4.61. The molecule has 0 bridgehead atoms. The van der Waals surface area contributed by atoms with Crippen LogP contribution in [-0.2, 0) is 0 Å². The maximum absolute atomic E-state index is 11.0. The van der Waals surface area contributed by atoms with Gasteiger partial charge in [0.2, 0.25) is 0 Å². The highest BCUT2D eigenvalue weighted by Gasteiger charge is 2.14. The third-order valence-electron chi connectivity index (χ3n) is 2.07. The zero-order chi connectivity index (χ0) is 13.7. The first kappa shape index (κ1) is 13.9. The number of nitrogen functional groups attached to an aromatic ring is 1. The van der Waals surface area contributed by atoms with Crippen molar-refractivity contribution in [2.45, 2.75) is 0 Å². The van der Waals surface area contributed by atoms with Crippen molar-refractivity contribution in [3.8, 4) is 0 Å². The van der Waals surface area contributed by atoms with E-state index in [2.05, 4.69) is 10.6 Å². The number of carboxylic acids is 1. The smallest absolute Gasteiger partial charge is 0.337 e. The molecule has 1 aromatic rings. The van der Waals surface area contributed by atoms with E-state index in [4.69, 9.17) is 28.2 Å². The number of nitrogens with one attached hydrogen (secondary N) is 2. The number of carbonyl (C=O) groups excluding carboxylic acids is 1. The SMILES string of the molecule is NC(=O)NCCNc1c(Cl)cc(N)cc1C(=O)O. The molecule has 0 fully saturated rings. The van der Waals surface area contributed by atoms with Crippen LogP contribution in [0.15, 0.2) is 12.1 Å². The molecule has 0 aromatic heterocycles. The Morgan fingerprint density at radius 1 is 1.33 bits per heavy atom. The second-order valence-corrected chi connectivity index (χ2v) is 3.86. The van der Waals surface area contributed by atoms with Crippen LogP contribution in [0.2, 0.25) is 5.02 Å². The van der Waals surface area contributed by atoms with E-state index in [0.717, 1.165) is 0 Å². The normalized spacial score (nSPS) is 9.83. The standard InChI is InChI=1S/C10H13ClN4O3/c11-7-4-5(12)3-6(9(16)17)8(7)14-1-2-15-10(13)18/h3-4,14H,1-2,12H2,(H,16,17)(H3,13,15,18). The van der Waals surface area contributed by atoms with Crippen molar-refractivity contribution in [1.29, 1.82) is 0 Å². The van der Waals surface area contributed by atoms with Crippen molar-refractivity contribution in [3.63, 3.8) is 0 Å². The molecular formula is C10H13ClN4O3. The van der Waals surface area contributed by atoms with Gasteiger partial charge in [-0.1, -0.05) is 11.6 Å². The molecule has 0 aliphatic rings. The number of rotatable bonds is 5. The van der Waals surface area contributed by atoms with Crippen LogP contribution in [0.4, 0.5) is 16.2 Å². The molecule has 0 saturated heterocycles. The number of amides is 2. The first-order valence-electron chi connectivity index (χ1n) is 5.01. The average molecular weight is 273 g/mol. The van der Waals surface area contributed by atoms with Gasteiger partial charge in [0.05, 0.1) is 16.3 Å². The number of anilines is 2. The fraction of sp³-hybridized carbons (Fsp3) is 0.200. The molecule has 0 saturated carbocycles. The summed E-state index contributed by atoms with van der Waals surface area (Å²) in [4.78, 5) is 21.5. The van der Waals surface area contributed by atoms with E-state index in [1.165, 1.54) is 12.1 Å². The van der Waals surface area contributed by atoms with Gasteiger partial charge in [-0.2, -0.15) is 0 Å². The van der Waals surface area contributed by atoms with Crippen LogP contribution in [0.1, 0.15) is 10.4 Å². The van der Waals surface area contributed by atoms with Crippen molar-refractivity contribution in [2.24, 2.45) is 5.73 Å². The number of benzene rings is 1. The molecule has 0 aliphatic heterocycles. The molecule has 7 nitrogen and oxygen atoms in total. The summed E-state index contributed by atoms with van der Waals surface area (Å²) in [5.74, 6) is -1.14. The minimum atomic E-state index is -1.14. The van der Waals surface area contributed by atoms with Gasteiger partial charge in [-0.15, -0.1) is 0 Å². The molecule has 0 radical (unpaired) electrons. The number of hydrogen-bond donors (Lipinski definition) is 5. The Bertz CT molecular complexity index is 478. The Hall–Kier alpha value is -2.15. The molecule has 0 unspecified atom stereocenters. The lowest BCUT2D eigenvalue weighted by Gasteiger charge is -2.12. The summed E-state index contributed by atoms with van der Waals surface area (Å²) in [6.07, 6.45) is 0. The Morgan fingerprint density at radius 3 is 2.56 bits per heavy atom. The van der Waals surface area contributed by atoms with Gasteiger partial charge in [0, 0.05) is 18.8 Å². The van der Waals surface area contributed by atoms with E-state index in [0.29, 0.717) is 0 Å². The predicted molar refractivity (Wildman–Crippen MR) is 68.9 cm³/mol. The maximum atomic E-state index is 11.0. The molecule has 0 aliphatic carbocycles. The van der Waals surface area contributed by atoms with Crippen LogP contribution >= 0.6 is 11.6 Å². The summed E-state index contributed by atoms with van der Waals surface area (Å²) in [6, 6.07) is 2.09. The minimum absolute atomic E-state index is 0.0286. The zero-order valence-electron chi connectivity index (χ0n) is 9.37. The number of aromatic carboxylic acids is 1. The van der Waals surface area contributed by atoms with Crippen molar-refractivity contribution in [1.82, 2.24) is 5.32 Å². The largest absolute Gasteiger partial charge is 0.478 e. The average Bonchev–Trinajstić information content (AvgIpc) is 2.25. The third-order valence-corrected chi connectivity index (χ3v) is 2.37. The lowest BCUT2D eigenvalue weighted by Crippen LogP contribution is -2.33. The van der Waals surface area contributed by atoms with Gasteiger partial charge in [0.1, 0.15) is 0 Å². The molecule has 7 N–H and O–H groups in total. The number of nitrogens with two attached hydrogens (primary N) is 2. The van der Waals surface area contributed by atoms with Crippen LogP contribution in [0.3, 0.4) is 0 Å². The Balaban J connectivity index is 2.80. The van der Waals surface area contributed by atoms with Gasteiger partial charge in [-0.3, -0.25) is 0 Å². The molecular weight excluding hydrogens is 260 g/mol. The molecule has 2 amide bonds. The van der Waals surface area contributed by atoms with E-state index in [1.807, 2.05) is 0 Å². The summed E-state index contributed by atoms with van der Waals surface area (Å²) in [7, 11) is 0. The molecule has 18 heavy (non-hydrogen) atoms. The first-order chi connectivity index (χ1) is 8.41. The monoisotopic (exact) mass is 272 g/mol. The van der Waals surface area contributed by atoms with Gasteiger partial charge < -0.3 is 27.2 Å². The number of hydrogen-bond acceptors (Lipinski definition) is 4.